The van der Waals surface area contributed by atoms with Gasteiger partial charge in [0.1, 0.15) is 11.4 Å². The summed E-state index contributed by atoms with van der Waals surface area (Å²) in [5, 5.41) is 4.25. The van der Waals surface area contributed by atoms with E-state index in [1.54, 1.807) is 18.5 Å². The van der Waals surface area contributed by atoms with Crippen LogP contribution in [-0.4, -0.2) is 34.9 Å². The fourth-order valence-electron chi connectivity index (χ4n) is 5.04. The number of pyridine rings is 1. The molecule has 8 heteroatoms. The van der Waals surface area contributed by atoms with Gasteiger partial charge in [-0.1, -0.05) is 6.07 Å². The van der Waals surface area contributed by atoms with Crippen molar-refractivity contribution in [3.8, 4) is 0 Å². The number of aryl methyl sites for hydroxylation is 1. The van der Waals surface area contributed by atoms with Crippen LogP contribution in [0.2, 0.25) is 0 Å². The van der Waals surface area contributed by atoms with Gasteiger partial charge in [0, 0.05) is 40.8 Å². The molecule has 2 aliphatic rings. The van der Waals surface area contributed by atoms with Crippen LogP contribution in [0.5, 0.6) is 0 Å². The number of nitrogens with zero attached hydrogens (tertiary/aromatic N) is 2. The van der Waals surface area contributed by atoms with Crippen LogP contribution >= 0.6 is 12.4 Å². The molecule has 3 N–H and O–H groups in total. The molecule has 1 aromatic carbocycles. The van der Waals surface area contributed by atoms with E-state index in [0.29, 0.717) is 23.2 Å². The molecule has 0 radical (unpaired) electrons. The van der Waals surface area contributed by atoms with E-state index in [-0.39, 0.29) is 24.4 Å². The molecule has 2 atom stereocenters. The summed E-state index contributed by atoms with van der Waals surface area (Å²) < 4.78 is 5.54. The molecule has 2 saturated heterocycles. The van der Waals surface area contributed by atoms with Crippen LogP contribution < -0.4 is 16.0 Å². The number of benzene rings is 1. The van der Waals surface area contributed by atoms with Crippen molar-refractivity contribution in [2.75, 3.05) is 4.90 Å². The van der Waals surface area contributed by atoms with Crippen molar-refractivity contribution in [2.45, 2.75) is 50.7 Å². The third kappa shape index (κ3) is 3.74. The summed E-state index contributed by atoms with van der Waals surface area (Å²) in [7, 11) is 0. The summed E-state index contributed by atoms with van der Waals surface area (Å²) in [5.74, 6) is 0.352. The van der Waals surface area contributed by atoms with E-state index in [0.717, 1.165) is 48.0 Å². The first kappa shape index (κ1) is 21.2. The van der Waals surface area contributed by atoms with Gasteiger partial charge in [-0.15, -0.1) is 12.4 Å². The Balaban J connectivity index is 0.00000231. The predicted octanol–water partition coefficient (Wildman–Crippen LogP) is 3.59. The number of halogens is 1. The number of hydrogen-bond donors (Lipinski definition) is 2. The number of carbonyl (C=O) groups is 2. The topological polar surface area (TPSA) is 101 Å². The number of nitrogens with one attached hydrogen (secondary N) is 1. The Labute approximate surface area is 186 Å². The maximum atomic E-state index is 13.0. The molecule has 2 aliphatic heterocycles. The molecule has 2 amide bonds. The highest BCUT2D eigenvalue weighted by atomic mass is 35.5. The molecule has 0 saturated carbocycles. The van der Waals surface area contributed by atoms with Gasteiger partial charge >= 0.3 is 0 Å². The molecule has 5 rings (SSSR count). The maximum Gasteiger partial charge on any atom is 0.251 e. The van der Waals surface area contributed by atoms with E-state index >= 15 is 0 Å². The number of furan rings is 1. The van der Waals surface area contributed by atoms with Crippen molar-refractivity contribution in [2.24, 2.45) is 5.73 Å². The molecule has 2 unspecified atom stereocenters. The van der Waals surface area contributed by atoms with Gasteiger partial charge in [-0.05, 0) is 56.9 Å². The number of amides is 2. The molecule has 0 spiro atoms. The monoisotopic (exact) mass is 440 g/mol. The van der Waals surface area contributed by atoms with Gasteiger partial charge in [-0.2, -0.15) is 0 Å². The lowest BCUT2D eigenvalue weighted by Crippen LogP contribution is -2.50. The number of carbonyl (C=O) groups excluding carboxylic acids is 2. The summed E-state index contributed by atoms with van der Waals surface area (Å²) in [6.45, 7) is 1.93. The highest BCUT2D eigenvalue weighted by Gasteiger charge is 2.41. The van der Waals surface area contributed by atoms with Gasteiger partial charge < -0.3 is 20.4 Å². The summed E-state index contributed by atoms with van der Waals surface area (Å²) in [6, 6.07) is 10.1. The normalized spacial score (nSPS) is 22.2. The summed E-state index contributed by atoms with van der Waals surface area (Å²) in [4.78, 5) is 31.1. The van der Waals surface area contributed by atoms with Crippen molar-refractivity contribution in [3.05, 3.63) is 59.5 Å². The Kier molecular flexibility index (Phi) is 5.62. The quantitative estimate of drug-likeness (QED) is 0.645. The standard InChI is InChI=1S/C23H24N4O3.ClH/c1-13-19(6-2-14-8-9-30-21(13)14)23(29)26-16-10-17-4-5-18(11-16)27(17)20-7-3-15(12-25-20)22(24)28;/h2-3,6-9,12,16-18H,4-5,10-11H2,1H3,(H2,24,28)(H,26,29);1H. The van der Waals surface area contributed by atoms with E-state index < -0.39 is 5.91 Å². The van der Waals surface area contributed by atoms with Crippen molar-refractivity contribution in [3.63, 3.8) is 0 Å². The average molecular weight is 441 g/mol. The average Bonchev–Trinajstić information content (AvgIpc) is 3.31. The van der Waals surface area contributed by atoms with E-state index in [2.05, 4.69) is 15.2 Å². The number of fused-ring (bicyclic) bond motifs is 3. The number of rotatable bonds is 4. The van der Waals surface area contributed by atoms with Gasteiger partial charge in [0.15, 0.2) is 0 Å². The van der Waals surface area contributed by atoms with E-state index in [1.165, 1.54) is 0 Å². The van der Waals surface area contributed by atoms with E-state index in [4.69, 9.17) is 10.2 Å². The van der Waals surface area contributed by atoms with E-state index in [1.807, 2.05) is 31.2 Å². The second-order valence-electron chi connectivity index (χ2n) is 8.28. The highest BCUT2D eigenvalue weighted by molar-refractivity contribution is 6.00. The van der Waals surface area contributed by atoms with Crippen LogP contribution in [0, 0.1) is 6.92 Å². The van der Waals surface area contributed by atoms with Crippen molar-refractivity contribution >= 4 is 41.0 Å². The van der Waals surface area contributed by atoms with E-state index in [9.17, 15) is 9.59 Å². The first-order valence-corrected chi connectivity index (χ1v) is 10.3. The minimum atomic E-state index is -0.471. The molecule has 2 fully saturated rings. The number of primary amides is 1. The molecule has 7 nitrogen and oxygen atoms in total. The van der Waals surface area contributed by atoms with Crippen LogP contribution in [-0.2, 0) is 0 Å². The fourth-order valence-corrected chi connectivity index (χ4v) is 5.04. The number of anilines is 1. The minimum Gasteiger partial charge on any atom is -0.464 e. The number of hydrogen-bond acceptors (Lipinski definition) is 5. The lowest BCUT2D eigenvalue weighted by atomic mass is 9.96. The van der Waals surface area contributed by atoms with Crippen LogP contribution in [0.15, 0.2) is 47.2 Å². The molecule has 162 valence electrons. The Morgan fingerprint density at radius 3 is 2.52 bits per heavy atom. The summed E-state index contributed by atoms with van der Waals surface area (Å²) >= 11 is 0. The largest absolute Gasteiger partial charge is 0.464 e. The molecule has 3 aromatic rings. The first-order valence-electron chi connectivity index (χ1n) is 10.3. The molecular formula is C23H25ClN4O3. The third-order valence-corrected chi connectivity index (χ3v) is 6.48. The van der Waals surface area contributed by atoms with Crippen molar-refractivity contribution in [1.82, 2.24) is 10.3 Å². The van der Waals surface area contributed by atoms with Crippen LogP contribution in [0.4, 0.5) is 5.82 Å². The zero-order chi connectivity index (χ0) is 20.8. The molecule has 31 heavy (non-hydrogen) atoms. The third-order valence-electron chi connectivity index (χ3n) is 6.48. The number of aromatic nitrogens is 1. The minimum absolute atomic E-state index is 0. The van der Waals surface area contributed by atoms with Crippen LogP contribution in [0.3, 0.4) is 0 Å². The fraction of sp³-hybridized carbons (Fsp3) is 0.348. The maximum absolute atomic E-state index is 13.0. The van der Waals surface area contributed by atoms with Crippen molar-refractivity contribution in [1.29, 1.82) is 0 Å². The van der Waals surface area contributed by atoms with Gasteiger partial charge in [-0.3, -0.25) is 9.59 Å². The lowest BCUT2D eigenvalue weighted by Gasteiger charge is -2.40. The molecule has 2 aromatic heterocycles. The van der Waals surface area contributed by atoms with Crippen LogP contribution in [0.25, 0.3) is 11.0 Å². The smallest absolute Gasteiger partial charge is 0.251 e. The molecule has 4 heterocycles. The zero-order valence-corrected chi connectivity index (χ0v) is 18.0. The SMILES string of the molecule is Cc1c(C(=O)NC2CC3CCC(C2)N3c2ccc(C(N)=O)cn2)ccc2ccoc12.Cl. The van der Waals surface area contributed by atoms with Gasteiger partial charge in [-0.25, -0.2) is 4.98 Å². The summed E-state index contributed by atoms with van der Waals surface area (Å²) in [5.41, 5.74) is 8.03. The number of nitrogens with two attached hydrogens (primary N) is 1. The zero-order valence-electron chi connectivity index (χ0n) is 17.2. The molecule has 0 aliphatic carbocycles. The second kappa shape index (κ2) is 8.23. The Morgan fingerprint density at radius 2 is 1.87 bits per heavy atom. The first-order chi connectivity index (χ1) is 14.5. The van der Waals surface area contributed by atoms with Gasteiger partial charge in [0.25, 0.3) is 5.91 Å². The van der Waals surface area contributed by atoms with Crippen molar-refractivity contribution < 1.29 is 14.0 Å². The molecule has 2 bridgehead atoms. The highest BCUT2D eigenvalue weighted by Crippen LogP contribution is 2.38. The molecular weight excluding hydrogens is 416 g/mol. The summed E-state index contributed by atoms with van der Waals surface area (Å²) in [6.07, 6.45) is 7.10. The second-order valence-corrected chi connectivity index (χ2v) is 8.28. The lowest BCUT2D eigenvalue weighted by molar-refractivity contribution is 0.0925. The Bertz CT molecular complexity index is 1110. The Hall–Kier alpha value is -3.06. The van der Waals surface area contributed by atoms with Crippen LogP contribution in [0.1, 0.15) is 52.0 Å². The number of piperidine rings is 1. The Morgan fingerprint density at radius 1 is 1.13 bits per heavy atom. The predicted molar refractivity (Wildman–Crippen MR) is 121 cm³/mol. The van der Waals surface area contributed by atoms with Gasteiger partial charge in [0.05, 0.1) is 11.8 Å². The van der Waals surface area contributed by atoms with Gasteiger partial charge in [0.2, 0.25) is 5.91 Å².